The number of likely N-dealkylation sites (tertiary alicyclic amines) is 1. The fourth-order valence-corrected chi connectivity index (χ4v) is 5.84. The summed E-state index contributed by atoms with van der Waals surface area (Å²) >= 11 is 0. The van der Waals surface area contributed by atoms with E-state index >= 15 is 0 Å². The van der Waals surface area contributed by atoms with Gasteiger partial charge in [-0.05, 0) is 52.4 Å². The number of nitrogens with zero attached hydrogens (tertiary/aromatic N) is 1. The molecule has 1 atom stereocenters. The Hall–Kier alpha value is -1.09. The van der Waals surface area contributed by atoms with E-state index in [1.807, 2.05) is 32.6 Å². The van der Waals surface area contributed by atoms with Crippen LogP contribution < -0.4 is 5.32 Å². The molecule has 0 radical (unpaired) electrons. The predicted molar refractivity (Wildman–Crippen MR) is 112 cm³/mol. The normalized spacial score (nSPS) is 26.8. The smallest absolute Gasteiger partial charge is 0.410 e. The van der Waals surface area contributed by atoms with Gasteiger partial charge in [0.05, 0.1) is 6.42 Å². The molecule has 2 rings (SSSR count). The Morgan fingerprint density at radius 3 is 2.43 bits per heavy atom. The van der Waals surface area contributed by atoms with Crippen LogP contribution in [-0.4, -0.2) is 64.2 Å². The predicted octanol–water partition coefficient (Wildman–Crippen LogP) is 3.38. The van der Waals surface area contributed by atoms with Crippen LogP contribution in [0.5, 0.6) is 0 Å². The minimum atomic E-state index is -0.785. The Balaban J connectivity index is 1.65. The number of ether oxygens (including phenoxy) is 1. The van der Waals surface area contributed by atoms with Gasteiger partial charge in [-0.3, -0.25) is 9.59 Å². The summed E-state index contributed by atoms with van der Waals surface area (Å²) in [7, 11) is 3.10. The van der Waals surface area contributed by atoms with Gasteiger partial charge in [0.1, 0.15) is 5.60 Å². The van der Waals surface area contributed by atoms with Gasteiger partial charge < -0.3 is 20.1 Å². The van der Waals surface area contributed by atoms with Crippen LogP contribution in [-0.2, 0) is 14.3 Å². The lowest BCUT2D eigenvalue weighted by Crippen LogP contribution is -2.48. The Bertz CT molecular complexity index is 587. The van der Waals surface area contributed by atoms with Crippen molar-refractivity contribution in [1.29, 1.82) is 0 Å². The number of rotatable bonds is 8. The standard InChI is InChI=1S/C19H32N2O5S2/c1-13-9-19(12-21(13)17(25)26-18(2,3)4)10-14(11-19)16(24)20-6-8-28-27-7-5-15(22)23/h13-14H,5-12H2,1-4H3,(H,20,24)(H,22,23). The van der Waals surface area contributed by atoms with Gasteiger partial charge >= 0.3 is 12.1 Å². The second-order valence-electron chi connectivity index (χ2n) is 8.85. The maximum atomic E-state index is 12.4. The van der Waals surface area contributed by atoms with Crippen LogP contribution >= 0.6 is 21.6 Å². The molecule has 7 nitrogen and oxygen atoms in total. The Kier molecular flexibility index (Phi) is 7.96. The maximum absolute atomic E-state index is 12.4. The second-order valence-corrected chi connectivity index (χ2v) is 11.5. The highest BCUT2D eigenvalue weighted by molar-refractivity contribution is 8.76. The summed E-state index contributed by atoms with van der Waals surface area (Å²) in [6.45, 7) is 8.91. The highest BCUT2D eigenvalue weighted by Crippen LogP contribution is 2.53. The molecule has 1 heterocycles. The molecule has 1 spiro atoms. The van der Waals surface area contributed by atoms with E-state index in [4.69, 9.17) is 9.84 Å². The summed E-state index contributed by atoms with van der Waals surface area (Å²) in [6.07, 6.45) is 2.47. The molecule has 0 aromatic rings. The van der Waals surface area contributed by atoms with Gasteiger partial charge in [-0.15, -0.1) is 0 Å². The molecule has 2 aliphatic rings. The number of aliphatic carboxylic acids is 1. The number of hydrogen-bond acceptors (Lipinski definition) is 6. The number of nitrogens with one attached hydrogen (secondary N) is 1. The van der Waals surface area contributed by atoms with Crippen molar-refractivity contribution in [2.75, 3.05) is 24.6 Å². The Morgan fingerprint density at radius 2 is 1.82 bits per heavy atom. The van der Waals surface area contributed by atoms with E-state index in [1.165, 1.54) is 10.8 Å². The van der Waals surface area contributed by atoms with Crippen LogP contribution in [0.4, 0.5) is 4.79 Å². The van der Waals surface area contributed by atoms with E-state index in [0.29, 0.717) is 18.8 Å². The van der Waals surface area contributed by atoms with Crippen molar-refractivity contribution >= 4 is 39.6 Å². The number of carboxylic acid groups (broad SMARTS) is 1. The first-order valence-corrected chi connectivity index (χ1v) is 12.2. The summed E-state index contributed by atoms with van der Waals surface area (Å²) < 4.78 is 5.51. The number of carboxylic acids is 1. The molecule has 1 saturated heterocycles. The molecule has 160 valence electrons. The zero-order valence-electron chi connectivity index (χ0n) is 17.2. The van der Waals surface area contributed by atoms with Gasteiger partial charge in [-0.2, -0.15) is 0 Å². The largest absolute Gasteiger partial charge is 0.481 e. The van der Waals surface area contributed by atoms with Crippen molar-refractivity contribution in [3.63, 3.8) is 0 Å². The van der Waals surface area contributed by atoms with Gasteiger partial charge in [-0.25, -0.2) is 4.79 Å². The molecule has 2 fully saturated rings. The van der Waals surface area contributed by atoms with Gasteiger partial charge in [-0.1, -0.05) is 21.6 Å². The lowest BCUT2D eigenvalue weighted by Gasteiger charge is -2.44. The monoisotopic (exact) mass is 432 g/mol. The molecule has 2 amide bonds. The van der Waals surface area contributed by atoms with Crippen LogP contribution in [0.25, 0.3) is 0 Å². The lowest BCUT2D eigenvalue weighted by atomic mass is 9.60. The van der Waals surface area contributed by atoms with E-state index in [1.54, 1.807) is 10.8 Å². The highest BCUT2D eigenvalue weighted by atomic mass is 33.1. The lowest BCUT2D eigenvalue weighted by molar-refractivity contribution is -0.136. The first-order chi connectivity index (χ1) is 13.0. The first kappa shape index (κ1) is 23.2. The molecule has 1 saturated carbocycles. The highest BCUT2D eigenvalue weighted by Gasteiger charge is 2.54. The summed E-state index contributed by atoms with van der Waals surface area (Å²) in [5.74, 6) is 0.662. The third-order valence-corrected chi connectivity index (χ3v) is 7.50. The Labute approximate surface area is 175 Å². The van der Waals surface area contributed by atoms with Gasteiger partial charge in [0, 0.05) is 36.6 Å². The second kappa shape index (κ2) is 9.61. The topological polar surface area (TPSA) is 95.9 Å². The van der Waals surface area contributed by atoms with Gasteiger partial charge in [0.15, 0.2) is 0 Å². The zero-order valence-corrected chi connectivity index (χ0v) is 18.8. The van der Waals surface area contributed by atoms with E-state index in [9.17, 15) is 14.4 Å². The van der Waals surface area contributed by atoms with Crippen molar-refractivity contribution < 1.29 is 24.2 Å². The van der Waals surface area contributed by atoms with Crippen LogP contribution in [0, 0.1) is 11.3 Å². The fourth-order valence-electron chi connectivity index (χ4n) is 3.96. The van der Waals surface area contributed by atoms with Crippen LogP contribution in [0.2, 0.25) is 0 Å². The SMILES string of the molecule is CC1CC2(CC(C(=O)NCCSSCCC(=O)O)C2)CN1C(=O)OC(C)(C)C. The average molecular weight is 433 g/mol. The van der Waals surface area contributed by atoms with Crippen molar-refractivity contribution in [3.8, 4) is 0 Å². The van der Waals surface area contributed by atoms with Crippen LogP contribution in [0.1, 0.15) is 53.4 Å². The van der Waals surface area contributed by atoms with Crippen molar-refractivity contribution in [2.45, 2.75) is 65.0 Å². The average Bonchev–Trinajstić information content (AvgIpc) is 2.88. The summed E-state index contributed by atoms with van der Waals surface area (Å²) in [5, 5.41) is 11.5. The third-order valence-electron chi connectivity index (χ3n) is 5.09. The van der Waals surface area contributed by atoms with Gasteiger partial charge in [0.25, 0.3) is 0 Å². The number of carbonyl (C=O) groups excluding carboxylic acids is 2. The van der Waals surface area contributed by atoms with E-state index in [-0.39, 0.29) is 35.8 Å². The minimum Gasteiger partial charge on any atom is -0.481 e. The van der Waals surface area contributed by atoms with Crippen molar-refractivity contribution in [2.24, 2.45) is 11.3 Å². The molecular formula is C19H32N2O5S2. The molecule has 0 bridgehead atoms. The molecular weight excluding hydrogens is 400 g/mol. The third kappa shape index (κ3) is 6.76. The molecule has 0 aromatic carbocycles. The Morgan fingerprint density at radius 1 is 1.18 bits per heavy atom. The summed E-state index contributed by atoms with van der Waals surface area (Å²) in [4.78, 5) is 36.9. The number of amides is 2. The molecule has 1 unspecified atom stereocenters. The first-order valence-electron chi connectivity index (χ1n) is 9.75. The quantitative estimate of drug-likeness (QED) is 0.448. The molecule has 1 aliphatic carbocycles. The van der Waals surface area contributed by atoms with Gasteiger partial charge in [0.2, 0.25) is 5.91 Å². The van der Waals surface area contributed by atoms with E-state index in [2.05, 4.69) is 5.32 Å². The molecule has 1 aliphatic heterocycles. The summed E-state index contributed by atoms with van der Waals surface area (Å²) in [6, 6.07) is 0.137. The molecule has 2 N–H and O–H groups in total. The fraction of sp³-hybridized carbons (Fsp3) is 0.842. The minimum absolute atomic E-state index is 0.0236. The van der Waals surface area contributed by atoms with Crippen molar-refractivity contribution in [1.82, 2.24) is 10.2 Å². The van der Waals surface area contributed by atoms with E-state index in [0.717, 1.165) is 25.0 Å². The van der Waals surface area contributed by atoms with Crippen LogP contribution in [0.3, 0.4) is 0 Å². The summed E-state index contributed by atoms with van der Waals surface area (Å²) in [5.41, 5.74) is -0.446. The molecule has 28 heavy (non-hydrogen) atoms. The number of hydrogen-bond donors (Lipinski definition) is 2. The molecule has 9 heteroatoms. The maximum Gasteiger partial charge on any atom is 0.410 e. The zero-order chi connectivity index (χ0) is 20.9. The van der Waals surface area contributed by atoms with Crippen molar-refractivity contribution in [3.05, 3.63) is 0 Å². The van der Waals surface area contributed by atoms with Crippen LogP contribution in [0.15, 0.2) is 0 Å². The number of carbonyl (C=O) groups is 3. The van der Waals surface area contributed by atoms with E-state index < -0.39 is 11.6 Å². The molecule has 0 aromatic heterocycles.